The van der Waals surface area contributed by atoms with Gasteiger partial charge in [0, 0.05) is 12.1 Å². The smallest absolute Gasteiger partial charge is 0.401 e. The second kappa shape index (κ2) is 7.07. The van der Waals surface area contributed by atoms with E-state index in [4.69, 9.17) is 4.42 Å². The molecule has 108 valence electrons. The molecule has 2 amide bonds. The predicted octanol–water partition coefficient (Wildman–Crippen LogP) is 0.842. The molecule has 1 aromatic rings. The molecule has 0 saturated heterocycles. The minimum atomic E-state index is -0.673. The Labute approximate surface area is 115 Å². The Bertz CT molecular complexity index is 533. The van der Waals surface area contributed by atoms with E-state index < -0.39 is 16.7 Å². The van der Waals surface area contributed by atoms with Crippen molar-refractivity contribution < 1.29 is 18.9 Å². The number of rotatable bonds is 6. The second-order valence-electron chi connectivity index (χ2n) is 4.21. The molecule has 1 aromatic heterocycles. The van der Waals surface area contributed by atoms with Crippen molar-refractivity contribution in [3.05, 3.63) is 34.1 Å². The summed E-state index contributed by atoms with van der Waals surface area (Å²) < 4.78 is 4.83. The van der Waals surface area contributed by atoms with Gasteiger partial charge in [-0.3, -0.25) is 19.7 Å². The molecule has 0 radical (unpaired) electrons. The Morgan fingerprint density at radius 1 is 1.45 bits per heavy atom. The lowest BCUT2D eigenvalue weighted by Crippen LogP contribution is -2.39. The van der Waals surface area contributed by atoms with E-state index in [2.05, 4.69) is 10.6 Å². The van der Waals surface area contributed by atoms with Crippen LogP contribution in [-0.4, -0.2) is 29.3 Å². The molecule has 20 heavy (non-hydrogen) atoms. The van der Waals surface area contributed by atoms with Gasteiger partial charge >= 0.3 is 5.88 Å². The Balaban J connectivity index is 2.43. The van der Waals surface area contributed by atoms with Crippen LogP contribution in [0.1, 0.15) is 19.6 Å². The number of nitrogens with one attached hydrogen (secondary N) is 2. The van der Waals surface area contributed by atoms with E-state index in [0.717, 1.165) is 6.08 Å². The summed E-state index contributed by atoms with van der Waals surface area (Å²) in [5.41, 5.74) is 0. The van der Waals surface area contributed by atoms with Crippen molar-refractivity contribution in [3.8, 4) is 0 Å². The van der Waals surface area contributed by atoms with Crippen LogP contribution in [0.2, 0.25) is 0 Å². The fourth-order valence-corrected chi connectivity index (χ4v) is 1.29. The van der Waals surface area contributed by atoms with Gasteiger partial charge in [-0.15, -0.1) is 0 Å². The lowest BCUT2D eigenvalue weighted by molar-refractivity contribution is -0.402. The van der Waals surface area contributed by atoms with Crippen LogP contribution in [-0.2, 0) is 9.59 Å². The Morgan fingerprint density at radius 2 is 2.15 bits per heavy atom. The van der Waals surface area contributed by atoms with Crippen molar-refractivity contribution in [2.45, 2.75) is 19.9 Å². The van der Waals surface area contributed by atoms with E-state index in [1.807, 2.05) is 13.8 Å². The highest BCUT2D eigenvalue weighted by Gasteiger charge is 2.10. The van der Waals surface area contributed by atoms with Crippen molar-refractivity contribution in [1.82, 2.24) is 10.6 Å². The maximum absolute atomic E-state index is 11.4. The normalized spacial score (nSPS) is 10.8. The molecule has 0 aliphatic heterocycles. The molecule has 0 unspecified atom stereocenters. The van der Waals surface area contributed by atoms with Gasteiger partial charge in [-0.1, -0.05) is 0 Å². The van der Waals surface area contributed by atoms with Crippen LogP contribution >= 0.6 is 0 Å². The SMILES string of the molecule is CC(C)NC(=O)CNC(=O)/C=C/c1ccc([N+](=O)[O-])o1. The molecule has 2 N–H and O–H groups in total. The largest absolute Gasteiger partial charge is 0.433 e. The first kappa shape index (κ1) is 15.4. The van der Waals surface area contributed by atoms with Gasteiger partial charge < -0.3 is 15.1 Å². The third kappa shape index (κ3) is 5.34. The maximum Gasteiger partial charge on any atom is 0.433 e. The average Bonchev–Trinajstić information content (AvgIpc) is 2.82. The first-order valence-electron chi connectivity index (χ1n) is 5.88. The number of carbonyl (C=O) groups is 2. The molecule has 0 aromatic carbocycles. The number of nitrogens with zero attached hydrogens (tertiary/aromatic N) is 1. The number of carbonyl (C=O) groups excluding carboxylic acids is 2. The maximum atomic E-state index is 11.4. The van der Waals surface area contributed by atoms with Gasteiger partial charge in [-0.25, -0.2) is 0 Å². The van der Waals surface area contributed by atoms with Crippen molar-refractivity contribution in [2.24, 2.45) is 0 Å². The van der Waals surface area contributed by atoms with Crippen LogP contribution in [0, 0.1) is 10.1 Å². The van der Waals surface area contributed by atoms with Crippen molar-refractivity contribution in [2.75, 3.05) is 6.54 Å². The number of hydrogen-bond donors (Lipinski definition) is 2. The van der Waals surface area contributed by atoms with Crippen molar-refractivity contribution >= 4 is 23.8 Å². The highest BCUT2D eigenvalue weighted by atomic mass is 16.6. The van der Waals surface area contributed by atoms with Crippen LogP contribution in [0.4, 0.5) is 5.88 Å². The van der Waals surface area contributed by atoms with Gasteiger partial charge in [0.05, 0.1) is 12.6 Å². The summed E-state index contributed by atoms with van der Waals surface area (Å²) in [4.78, 5) is 32.4. The lowest BCUT2D eigenvalue weighted by atomic mass is 10.3. The van der Waals surface area contributed by atoms with E-state index in [-0.39, 0.29) is 24.3 Å². The number of furan rings is 1. The molecule has 0 spiro atoms. The molecule has 0 aliphatic carbocycles. The summed E-state index contributed by atoms with van der Waals surface area (Å²) in [7, 11) is 0. The molecule has 1 heterocycles. The van der Waals surface area contributed by atoms with Crippen LogP contribution in [0.3, 0.4) is 0 Å². The molecule has 0 atom stereocenters. The minimum Gasteiger partial charge on any atom is -0.401 e. The van der Waals surface area contributed by atoms with Crippen LogP contribution in [0.15, 0.2) is 22.6 Å². The predicted molar refractivity (Wildman–Crippen MR) is 70.7 cm³/mol. The molecule has 0 saturated carbocycles. The minimum absolute atomic E-state index is 0.00129. The Morgan fingerprint density at radius 3 is 2.70 bits per heavy atom. The monoisotopic (exact) mass is 281 g/mol. The molecule has 1 rings (SSSR count). The lowest BCUT2D eigenvalue weighted by Gasteiger charge is -2.07. The zero-order valence-corrected chi connectivity index (χ0v) is 11.1. The summed E-state index contributed by atoms with van der Waals surface area (Å²) in [6.45, 7) is 3.48. The third-order valence-electron chi connectivity index (χ3n) is 2.06. The zero-order valence-electron chi connectivity index (χ0n) is 11.1. The molecule has 0 bridgehead atoms. The van der Waals surface area contributed by atoms with Gasteiger partial charge in [0.2, 0.25) is 11.8 Å². The number of hydrogen-bond acceptors (Lipinski definition) is 5. The summed E-state index contributed by atoms with van der Waals surface area (Å²) in [6, 6.07) is 2.56. The van der Waals surface area contributed by atoms with Crippen molar-refractivity contribution in [3.63, 3.8) is 0 Å². The Hall–Kier alpha value is -2.64. The number of amides is 2. The highest BCUT2D eigenvalue weighted by molar-refractivity contribution is 5.94. The fraction of sp³-hybridized carbons (Fsp3) is 0.333. The highest BCUT2D eigenvalue weighted by Crippen LogP contribution is 2.16. The van der Waals surface area contributed by atoms with Crippen LogP contribution in [0.25, 0.3) is 6.08 Å². The summed E-state index contributed by atoms with van der Waals surface area (Å²) in [6.07, 6.45) is 2.41. The molecule has 8 heteroatoms. The van der Waals surface area contributed by atoms with Gasteiger partial charge in [0.15, 0.2) is 0 Å². The van der Waals surface area contributed by atoms with Crippen LogP contribution in [0.5, 0.6) is 0 Å². The second-order valence-corrected chi connectivity index (χ2v) is 4.21. The quantitative estimate of drug-likeness (QED) is 0.455. The first-order valence-corrected chi connectivity index (χ1v) is 5.88. The average molecular weight is 281 g/mol. The molecule has 0 aliphatic rings. The van der Waals surface area contributed by atoms with Crippen LogP contribution < -0.4 is 10.6 Å². The topological polar surface area (TPSA) is 114 Å². The standard InChI is InChI=1S/C12H15N3O5/c1-8(2)14-11(17)7-13-10(16)5-3-9-4-6-12(20-9)15(18)19/h3-6,8H,7H2,1-2H3,(H,13,16)(H,14,17)/b5-3+. The summed E-state index contributed by atoms with van der Waals surface area (Å²) in [5, 5.41) is 15.4. The van der Waals surface area contributed by atoms with E-state index in [9.17, 15) is 19.7 Å². The molecule has 8 nitrogen and oxygen atoms in total. The molecular weight excluding hydrogens is 266 g/mol. The van der Waals surface area contributed by atoms with Gasteiger partial charge in [-0.2, -0.15) is 0 Å². The fourth-order valence-electron chi connectivity index (χ4n) is 1.29. The van der Waals surface area contributed by atoms with E-state index in [1.165, 1.54) is 18.2 Å². The first-order chi connectivity index (χ1) is 9.38. The molecular formula is C12H15N3O5. The summed E-state index contributed by atoms with van der Waals surface area (Å²) in [5.74, 6) is -1.02. The van der Waals surface area contributed by atoms with Gasteiger partial charge in [0.1, 0.15) is 10.7 Å². The third-order valence-corrected chi connectivity index (χ3v) is 2.06. The zero-order chi connectivity index (χ0) is 15.1. The van der Waals surface area contributed by atoms with E-state index in [1.54, 1.807) is 0 Å². The van der Waals surface area contributed by atoms with Gasteiger partial charge in [-0.05, 0) is 26.0 Å². The number of nitro groups is 1. The van der Waals surface area contributed by atoms with Crippen molar-refractivity contribution in [1.29, 1.82) is 0 Å². The molecule has 0 fully saturated rings. The Kier molecular flexibility index (Phi) is 5.45. The van der Waals surface area contributed by atoms with Gasteiger partial charge in [0.25, 0.3) is 0 Å². The van der Waals surface area contributed by atoms with E-state index in [0.29, 0.717) is 0 Å². The van der Waals surface area contributed by atoms with E-state index >= 15 is 0 Å². The summed E-state index contributed by atoms with van der Waals surface area (Å²) >= 11 is 0.